The van der Waals surface area contributed by atoms with Crippen molar-refractivity contribution >= 4 is 19.9 Å². The van der Waals surface area contributed by atoms with Gasteiger partial charge in [-0.25, -0.2) is 16.8 Å². The molecule has 2 heterocycles. The van der Waals surface area contributed by atoms with Crippen LogP contribution in [0.2, 0.25) is 0 Å². The van der Waals surface area contributed by atoms with Crippen molar-refractivity contribution in [1.29, 1.82) is 0 Å². The first-order valence-electron chi connectivity index (χ1n) is 9.89. The smallest absolute Gasteiger partial charge is 0.243 e. The molecule has 6 nitrogen and oxygen atoms in total. The zero-order chi connectivity index (χ0) is 20.6. The molecule has 29 heavy (non-hydrogen) atoms. The maximum atomic E-state index is 13.3. The molecule has 0 aromatic heterocycles. The average Bonchev–Trinajstić information content (AvgIpc) is 3.00. The molecule has 2 aliphatic heterocycles. The Hall–Kier alpha value is -1.90. The van der Waals surface area contributed by atoms with Crippen molar-refractivity contribution < 1.29 is 21.6 Å². The zero-order valence-electron chi connectivity index (χ0n) is 16.3. The van der Waals surface area contributed by atoms with Crippen LogP contribution in [0.5, 0.6) is 5.75 Å². The largest absolute Gasteiger partial charge is 0.494 e. The van der Waals surface area contributed by atoms with Crippen LogP contribution < -0.4 is 4.74 Å². The van der Waals surface area contributed by atoms with Gasteiger partial charge in [-0.15, -0.1) is 0 Å². The summed E-state index contributed by atoms with van der Waals surface area (Å²) in [4.78, 5) is 0.537. The summed E-state index contributed by atoms with van der Waals surface area (Å²) in [5.41, 5.74) is 0. The van der Waals surface area contributed by atoms with Crippen molar-refractivity contribution in [2.45, 2.75) is 59.7 Å². The van der Waals surface area contributed by atoms with Crippen molar-refractivity contribution in [2.75, 3.05) is 6.61 Å². The lowest BCUT2D eigenvalue weighted by Crippen LogP contribution is -2.49. The molecule has 0 spiro atoms. The van der Waals surface area contributed by atoms with Gasteiger partial charge in [0.05, 0.1) is 21.6 Å². The van der Waals surface area contributed by atoms with Gasteiger partial charge < -0.3 is 4.74 Å². The molecule has 0 aliphatic carbocycles. The van der Waals surface area contributed by atoms with E-state index in [0.717, 1.165) is 0 Å². The van der Waals surface area contributed by atoms with Gasteiger partial charge in [-0.2, -0.15) is 4.31 Å². The van der Waals surface area contributed by atoms with Gasteiger partial charge in [-0.3, -0.25) is 0 Å². The molecular formula is C21H25NO5S2. The minimum absolute atomic E-state index is 0.224. The molecule has 2 aromatic rings. The van der Waals surface area contributed by atoms with E-state index >= 15 is 0 Å². The zero-order valence-corrected chi connectivity index (χ0v) is 17.9. The summed E-state index contributed by atoms with van der Waals surface area (Å²) in [6.07, 6.45) is 2.07. The Bertz CT molecular complexity index is 1050. The number of hydrogen-bond acceptors (Lipinski definition) is 5. The summed E-state index contributed by atoms with van der Waals surface area (Å²) < 4.78 is 59.6. The van der Waals surface area contributed by atoms with Crippen molar-refractivity contribution in [3.63, 3.8) is 0 Å². The fraction of sp³-hybridized carbons (Fsp3) is 0.429. The number of sulfone groups is 1. The molecule has 2 atom stereocenters. The number of nitrogens with zero attached hydrogens (tertiary/aromatic N) is 1. The van der Waals surface area contributed by atoms with Crippen LogP contribution in [0.25, 0.3) is 0 Å². The van der Waals surface area contributed by atoms with E-state index in [-0.39, 0.29) is 17.0 Å². The summed E-state index contributed by atoms with van der Waals surface area (Å²) in [7, 11) is -7.15. The first kappa shape index (κ1) is 20.4. The van der Waals surface area contributed by atoms with Crippen molar-refractivity contribution in [3.05, 3.63) is 54.6 Å². The Labute approximate surface area is 172 Å². The maximum Gasteiger partial charge on any atom is 0.243 e. The standard InChI is InChI=1S/C21H25NO5S2/c1-2-27-18-10-12-20(13-11-18)29(25,26)22-16-8-9-17(22)15-21(14-16)28(23,24)19-6-4-3-5-7-19/h3-7,10-13,16-17,21H,2,8-9,14-15H2,1H3/t16-,17-/m0/s1. The van der Waals surface area contributed by atoms with Gasteiger partial charge >= 0.3 is 0 Å². The first-order chi connectivity index (χ1) is 13.8. The Balaban J connectivity index is 1.58. The predicted molar refractivity (Wildman–Crippen MR) is 110 cm³/mol. The van der Waals surface area contributed by atoms with E-state index < -0.39 is 25.1 Å². The second-order valence-corrected chi connectivity index (χ2v) is 11.6. The summed E-state index contributed by atoms with van der Waals surface area (Å²) in [6.45, 7) is 2.38. The molecule has 2 saturated heterocycles. The highest BCUT2D eigenvalue weighted by atomic mass is 32.2. The van der Waals surface area contributed by atoms with Gasteiger partial charge in [0.2, 0.25) is 10.0 Å². The molecule has 2 fully saturated rings. The minimum Gasteiger partial charge on any atom is -0.494 e. The number of fused-ring (bicyclic) bond motifs is 2. The van der Waals surface area contributed by atoms with Crippen LogP contribution >= 0.6 is 0 Å². The second kappa shape index (κ2) is 7.74. The molecule has 4 rings (SSSR count). The molecule has 0 N–H and O–H groups in total. The Morgan fingerprint density at radius 1 is 0.862 bits per heavy atom. The SMILES string of the molecule is CCOc1ccc(S(=O)(=O)N2[C@H]3CC[C@H]2CC(S(=O)(=O)c2ccccc2)C3)cc1. The van der Waals surface area contributed by atoms with Crippen LogP contribution in [0, 0.1) is 0 Å². The summed E-state index contributed by atoms with van der Waals surface area (Å²) in [5, 5.41) is -0.547. The molecule has 0 radical (unpaired) electrons. The monoisotopic (exact) mass is 435 g/mol. The molecule has 2 aliphatic rings. The third-order valence-corrected chi connectivity index (χ3v) is 10.1. The minimum atomic E-state index is -3.68. The quantitative estimate of drug-likeness (QED) is 0.696. The predicted octanol–water partition coefficient (Wildman–Crippen LogP) is 3.24. The molecular weight excluding hydrogens is 410 g/mol. The van der Waals surface area contributed by atoms with Crippen molar-refractivity contribution in [1.82, 2.24) is 4.31 Å². The molecule has 8 heteroatoms. The Kier molecular flexibility index (Phi) is 5.44. The van der Waals surface area contributed by atoms with Crippen molar-refractivity contribution in [2.24, 2.45) is 0 Å². The van der Waals surface area contributed by atoms with E-state index in [4.69, 9.17) is 4.74 Å². The van der Waals surface area contributed by atoms with Gasteiger partial charge in [-0.1, -0.05) is 18.2 Å². The van der Waals surface area contributed by atoms with Gasteiger partial charge in [-0.05, 0) is 69.0 Å². The Morgan fingerprint density at radius 3 is 2.00 bits per heavy atom. The fourth-order valence-corrected chi connectivity index (χ4v) is 8.29. The van der Waals surface area contributed by atoms with Crippen LogP contribution in [-0.2, 0) is 19.9 Å². The molecule has 0 unspecified atom stereocenters. The third kappa shape index (κ3) is 3.69. The third-order valence-electron chi connectivity index (χ3n) is 5.84. The van der Waals surface area contributed by atoms with E-state index in [9.17, 15) is 16.8 Å². The highest BCUT2D eigenvalue weighted by molar-refractivity contribution is 7.92. The van der Waals surface area contributed by atoms with E-state index in [0.29, 0.717) is 42.9 Å². The number of sulfonamides is 1. The Morgan fingerprint density at radius 2 is 1.45 bits per heavy atom. The van der Waals surface area contributed by atoms with E-state index in [1.54, 1.807) is 58.9 Å². The molecule has 2 bridgehead atoms. The number of hydrogen-bond donors (Lipinski definition) is 0. The van der Waals surface area contributed by atoms with Crippen LogP contribution in [0.4, 0.5) is 0 Å². The lowest BCUT2D eigenvalue weighted by molar-refractivity contribution is 0.249. The van der Waals surface area contributed by atoms with Crippen LogP contribution in [-0.4, -0.2) is 45.1 Å². The highest BCUT2D eigenvalue weighted by Gasteiger charge is 2.50. The van der Waals surface area contributed by atoms with E-state index in [1.165, 1.54) is 0 Å². The van der Waals surface area contributed by atoms with Gasteiger partial charge in [0.25, 0.3) is 0 Å². The van der Waals surface area contributed by atoms with Crippen LogP contribution in [0.3, 0.4) is 0 Å². The number of rotatable bonds is 6. The average molecular weight is 436 g/mol. The second-order valence-electron chi connectivity index (χ2n) is 7.58. The summed E-state index contributed by atoms with van der Waals surface area (Å²) in [5.74, 6) is 0.627. The molecule has 0 amide bonds. The summed E-state index contributed by atoms with van der Waals surface area (Å²) in [6, 6.07) is 14.3. The molecule has 2 aromatic carbocycles. The lowest BCUT2D eigenvalue weighted by atomic mass is 10.1. The van der Waals surface area contributed by atoms with E-state index in [1.807, 2.05) is 6.92 Å². The van der Waals surface area contributed by atoms with Crippen LogP contribution in [0.15, 0.2) is 64.4 Å². The normalized spacial score (nSPS) is 25.1. The van der Waals surface area contributed by atoms with Gasteiger partial charge in [0.1, 0.15) is 5.75 Å². The highest BCUT2D eigenvalue weighted by Crippen LogP contribution is 2.43. The first-order valence-corrected chi connectivity index (χ1v) is 12.9. The number of benzene rings is 2. The number of ether oxygens (including phenoxy) is 1. The van der Waals surface area contributed by atoms with Crippen molar-refractivity contribution in [3.8, 4) is 5.75 Å². The van der Waals surface area contributed by atoms with Gasteiger partial charge in [0, 0.05) is 12.1 Å². The fourth-order valence-electron chi connectivity index (χ4n) is 4.53. The molecule has 0 saturated carbocycles. The summed E-state index contributed by atoms with van der Waals surface area (Å²) >= 11 is 0. The lowest BCUT2D eigenvalue weighted by Gasteiger charge is -2.37. The topological polar surface area (TPSA) is 80.8 Å². The van der Waals surface area contributed by atoms with E-state index in [2.05, 4.69) is 0 Å². The van der Waals surface area contributed by atoms with Crippen LogP contribution in [0.1, 0.15) is 32.6 Å². The number of piperidine rings is 1. The van der Waals surface area contributed by atoms with Gasteiger partial charge in [0.15, 0.2) is 9.84 Å². The molecule has 156 valence electrons. The maximum absolute atomic E-state index is 13.3.